The Morgan fingerprint density at radius 1 is 1.64 bits per heavy atom. The number of benzene rings is 1. The van der Waals surface area contributed by atoms with Crippen molar-refractivity contribution in [3.05, 3.63) is 35.4 Å². The quantitative estimate of drug-likeness (QED) is 0.462. The highest BCUT2D eigenvalue weighted by Gasteiger charge is 1.87. The third kappa shape index (κ3) is 2.42. The van der Waals surface area contributed by atoms with Crippen LogP contribution in [0.2, 0.25) is 0 Å². The second-order valence-corrected chi connectivity index (χ2v) is 2.22. The molecule has 1 aromatic carbocycles. The minimum absolute atomic E-state index is 1.03. The average molecular weight is 148 g/mol. The van der Waals surface area contributed by atoms with E-state index in [4.69, 9.17) is 0 Å². The SMILES string of the molecule is CON=Cc1cc[c]c(C)c1. The van der Waals surface area contributed by atoms with Crippen molar-refractivity contribution in [2.24, 2.45) is 5.16 Å². The monoisotopic (exact) mass is 148 g/mol. The predicted octanol–water partition coefficient (Wildman–Crippen LogP) is 1.78. The van der Waals surface area contributed by atoms with E-state index in [9.17, 15) is 0 Å². The van der Waals surface area contributed by atoms with Crippen LogP contribution in [-0.4, -0.2) is 13.3 Å². The highest BCUT2D eigenvalue weighted by atomic mass is 16.6. The van der Waals surface area contributed by atoms with Gasteiger partial charge < -0.3 is 4.84 Å². The zero-order valence-electron chi connectivity index (χ0n) is 6.66. The molecule has 0 saturated heterocycles. The molecule has 2 nitrogen and oxygen atoms in total. The first-order valence-electron chi connectivity index (χ1n) is 3.38. The van der Waals surface area contributed by atoms with Crippen molar-refractivity contribution in [1.82, 2.24) is 0 Å². The number of hydrogen-bond acceptors (Lipinski definition) is 2. The van der Waals surface area contributed by atoms with Gasteiger partial charge in [0.15, 0.2) is 0 Å². The summed E-state index contributed by atoms with van der Waals surface area (Å²) in [5.41, 5.74) is 2.13. The van der Waals surface area contributed by atoms with Crippen molar-refractivity contribution in [2.75, 3.05) is 7.11 Å². The van der Waals surface area contributed by atoms with Gasteiger partial charge in [0, 0.05) is 0 Å². The molecule has 1 rings (SSSR count). The maximum atomic E-state index is 4.54. The largest absolute Gasteiger partial charge is 0.399 e. The normalized spacial score (nSPS) is 10.4. The van der Waals surface area contributed by atoms with Crippen LogP contribution in [0.1, 0.15) is 11.1 Å². The molecule has 11 heavy (non-hydrogen) atoms. The molecule has 0 aliphatic heterocycles. The van der Waals surface area contributed by atoms with Gasteiger partial charge in [0.05, 0.1) is 6.21 Å². The van der Waals surface area contributed by atoms with Crippen LogP contribution in [0.5, 0.6) is 0 Å². The summed E-state index contributed by atoms with van der Waals surface area (Å²) in [6.45, 7) is 1.99. The number of nitrogens with zero attached hydrogens (tertiary/aromatic N) is 1. The van der Waals surface area contributed by atoms with Crippen molar-refractivity contribution < 1.29 is 4.84 Å². The van der Waals surface area contributed by atoms with Crippen molar-refractivity contribution in [3.8, 4) is 0 Å². The standard InChI is InChI=1S/C9H10NO/c1-8-4-3-5-9(6-8)7-10-11-2/h3,5-7H,1-2H3. The summed E-state index contributed by atoms with van der Waals surface area (Å²) < 4.78 is 0. The zero-order valence-corrected chi connectivity index (χ0v) is 6.66. The molecule has 1 aromatic rings. The summed E-state index contributed by atoms with van der Waals surface area (Å²) in [7, 11) is 1.53. The third-order valence-electron chi connectivity index (χ3n) is 1.28. The van der Waals surface area contributed by atoms with E-state index in [2.05, 4.69) is 16.1 Å². The first-order chi connectivity index (χ1) is 5.33. The van der Waals surface area contributed by atoms with Crippen LogP contribution in [0, 0.1) is 13.0 Å². The number of aryl methyl sites for hydroxylation is 1. The average Bonchev–Trinajstić information content (AvgIpc) is 2.01. The van der Waals surface area contributed by atoms with Gasteiger partial charge in [-0.2, -0.15) is 0 Å². The van der Waals surface area contributed by atoms with E-state index in [1.54, 1.807) is 6.21 Å². The smallest absolute Gasteiger partial charge is 0.106 e. The molecule has 0 aromatic heterocycles. The molecular weight excluding hydrogens is 138 g/mol. The Hall–Kier alpha value is -1.31. The predicted molar refractivity (Wildman–Crippen MR) is 44.6 cm³/mol. The van der Waals surface area contributed by atoms with E-state index >= 15 is 0 Å². The lowest BCUT2D eigenvalue weighted by Gasteiger charge is -1.92. The van der Waals surface area contributed by atoms with Gasteiger partial charge in [0.1, 0.15) is 7.11 Å². The zero-order chi connectivity index (χ0) is 8.10. The summed E-state index contributed by atoms with van der Waals surface area (Å²) in [6.07, 6.45) is 1.67. The Morgan fingerprint density at radius 3 is 3.09 bits per heavy atom. The van der Waals surface area contributed by atoms with Gasteiger partial charge >= 0.3 is 0 Å². The summed E-state index contributed by atoms with van der Waals surface area (Å²) in [6, 6.07) is 8.83. The molecule has 0 unspecified atom stereocenters. The van der Waals surface area contributed by atoms with Crippen molar-refractivity contribution in [2.45, 2.75) is 6.92 Å². The second kappa shape index (κ2) is 3.76. The van der Waals surface area contributed by atoms with E-state index < -0.39 is 0 Å². The molecule has 0 fully saturated rings. The molecule has 0 aliphatic rings. The molecule has 0 saturated carbocycles. The van der Waals surface area contributed by atoms with Crippen LogP contribution >= 0.6 is 0 Å². The van der Waals surface area contributed by atoms with Crippen molar-refractivity contribution in [3.63, 3.8) is 0 Å². The molecule has 57 valence electrons. The minimum atomic E-state index is 1.03. The van der Waals surface area contributed by atoms with Gasteiger partial charge in [-0.3, -0.25) is 0 Å². The van der Waals surface area contributed by atoms with Gasteiger partial charge in [-0.1, -0.05) is 17.3 Å². The van der Waals surface area contributed by atoms with Gasteiger partial charge in [-0.25, -0.2) is 0 Å². The van der Waals surface area contributed by atoms with Gasteiger partial charge in [-0.05, 0) is 30.2 Å². The Balaban J connectivity index is 2.79. The van der Waals surface area contributed by atoms with E-state index in [-0.39, 0.29) is 0 Å². The molecule has 0 atom stereocenters. The van der Waals surface area contributed by atoms with Crippen LogP contribution in [0.4, 0.5) is 0 Å². The molecule has 1 radical (unpaired) electrons. The van der Waals surface area contributed by atoms with E-state index in [1.165, 1.54) is 7.11 Å². The molecule has 0 N–H and O–H groups in total. The van der Waals surface area contributed by atoms with Crippen molar-refractivity contribution >= 4 is 6.21 Å². The first kappa shape index (κ1) is 7.79. The number of hydrogen-bond donors (Lipinski definition) is 0. The highest BCUT2D eigenvalue weighted by molar-refractivity contribution is 5.79. The van der Waals surface area contributed by atoms with Crippen LogP contribution in [-0.2, 0) is 4.84 Å². The highest BCUT2D eigenvalue weighted by Crippen LogP contribution is 1.99. The van der Waals surface area contributed by atoms with Gasteiger partial charge in [0.25, 0.3) is 0 Å². The minimum Gasteiger partial charge on any atom is -0.399 e. The summed E-state index contributed by atoms with van der Waals surface area (Å²) >= 11 is 0. The van der Waals surface area contributed by atoms with Crippen LogP contribution in [0.15, 0.2) is 23.4 Å². The van der Waals surface area contributed by atoms with Gasteiger partial charge in [-0.15, -0.1) is 0 Å². The molecule has 0 bridgehead atoms. The lowest BCUT2D eigenvalue weighted by Crippen LogP contribution is -1.82. The van der Waals surface area contributed by atoms with E-state index in [0.29, 0.717) is 0 Å². The molecular formula is C9H10NO. The fourth-order valence-electron chi connectivity index (χ4n) is 0.803. The van der Waals surface area contributed by atoms with E-state index in [0.717, 1.165) is 11.1 Å². The maximum Gasteiger partial charge on any atom is 0.106 e. The maximum absolute atomic E-state index is 4.54. The first-order valence-corrected chi connectivity index (χ1v) is 3.38. The Morgan fingerprint density at radius 2 is 2.45 bits per heavy atom. The molecule has 0 spiro atoms. The number of oxime groups is 1. The van der Waals surface area contributed by atoms with Gasteiger partial charge in [0.2, 0.25) is 0 Å². The summed E-state index contributed by atoms with van der Waals surface area (Å²) in [4.78, 5) is 4.54. The lowest BCUT2D eigenvalue weighted by molar-refractivity contribution is 0.215. The van der Waals surface area contributed by atoms with Crippen molar-refractivity contribution in [1.29, 1.82) is 0 Å². The Kier molecular flexibility index (Phi) is 2.66. The molecule has 0 heterocycles. The Labute approximate surface area is 66.5 Å². The molecule has 0 amide bonds. The fraction of sp³-hybridized carbons (Fsp3) is 0.222. The van der Waals surface area contributed by atoms with Crippen LogP contribution < -0.4 is 0 Å². The summed E-state index contributed by atoms with van der Waals surface area (Å²) in [5.74, 6) is 0. The van der Waals surface area contributed by atoms with Crippen LogP contribution in [0.25, 0.3) is 0 Å². The molecule has 0 aliphatic carbocycles. The lowest BCUT2D eigenvalue weighted by atomic mass is 10.2. The Bertz CT molecular complexity index is 255. The van der Waals surface area contributed by atoms with Crippen LogP contribution in [0.3, 0.4) is 0 Å². The summed E-state index contributed by atoms with van der Waals surface area (Å²) in [5, 5.41) is 3.64. The third-order valence-corrected chi connectivity index (χ3v) is 1.28. The van der Waals surface area contributed by atoms with E-state index in [1.807, 2.05) is 25.1 Å². The number of rotatable bonds is 2. The molecule has 2 heteroatoms. The second-order valence-electron chi connectivity index (χ2n) is 2.22. The topological polar surface area (TPSA) is 21.6 Å². The fourth-order valence-corrected chi connectivity index (χ4v) is 0.803.